The zero-order valence-electron chi connectivity index (χ0n) is 13.0. The molecule has 2 aliphatic rings. The van der Waals surface area contributed by atoms with Crippen molar-refractivity contribution in [3.05, 3.63) is 23.8 Å². The van der Waals surface area contributed by atoms with Crippen molar-refractivity contribution in [1.82, 2.24) is 0 Å². The van der Waals surface area contributed by atoms with Crippen LogP contribution in [0.2, 0.25) is 0 Å². The second kappa shape index (κ2) is 6.24. The van der Waals surface area contributed by atoms with E-state index >= 15 is 0 Å². The van der Waals surface area contributed by atoms with Crippen LogP contribution in [0.25, 0.3) is 0 Å². The van der Waals surface area contributed by atoms with Crippen molar-refractivity contribution in [2.75, 3.05) is 32.2 Å². The van der Waals surface area contributed by atoms with Crippen molar-refractivity contribution >= 4 is 5.69 Å². The average molecular weight is 291 g/mol. The van der Waals surface area contributed by atoms with Crippen LogP contribution < -0.4 is 10.1 Å². The predicted molar refractivity (Wildman–Crippen MR) is 83.1 cm³/mol. The first kappa shape index (κ1) is 14.7. The maximum atomic E-state index is 6.10. The molecule has 1 aromatic carbocycles. The van der Waals surface area contributed by atoms with Gasteiger partial charge in [-0.2, -0.15) is 0 Å². The fourth-order valence-corrected chi connectivity index (χ4v) is 3.40. The molecule has 4 heteroatoms. The van der Waals surface area contributed by atoms with Crippen molar-refractivity contribution in [1.29, 1.82) is 0 Å². The summed E-state index contributed by atoms with van der Waals surface area (Å²) in [6, 6.07) is 6.70. The Morgan fingerprint density at radius 1 is 1.24 bits per heavy atom. The molecule has 2 heterocycles. The SMILES string of the molecule is COc1ccc(C)cc1NC1CCOC2(CCOCC2)C1. The third kappa shape index (κ3) is 3.33. The van der Waals surface area contributed by atoms with Gasteiger partial charge in [-0.05, 0) is 50.3 Å². The summed E-state index contributed by atoms with van der Waals surface area (Å²) in [5.74, 6) is 0.910. The first-order valence-electron chi connectivity index (χ1n) is 7.84. The predicted octanol–water partition coefficient (Wildman–Crippen LogP) is 3.14. The van der Waals surface area contributed by atoms with Crippen LogP contribution in [0.4, 0.5) is 5.69 Å². The van der Waals surface area contributed by atoms with Crippen LogP contribution in [0.1, 0.15) is 31.2 Å². The molecule has 4 nitrogen and oxygen atoms in total. The molecule has 0 amide bonds. The van der Waals surface area contributed by atoms with Crippen molar-refractivity contribution in [3.63, 3.8) is 0 Å². The number of benzene rings is 1. The summed E-state index contributed by atoms with van der Waals surface area (Å²) in [6.07, 6.45) is 4.11. The van der Waals surface area contributed by atoms with E-state index in [-0.39, 0.29) is 5.60 Å². The molecule has 0 aromatic heterocycles. The van der Waals surface area contributed by atoms with Gasteiger partial charge in [-0.1, -0.05) is 6.07 Å². The molecule has 2 fully saturated rings. The molecule has 2 saturated heterocycles. The maximum Gasteiger partial charge on any atom is 0.141 e. The van der Waals surface area contributed by atoms with E-state index in [0.717, 1.165) is 56.9 Å². The Kier molecular flexibility index (Phi) is 4.36. The fraction of sp³-hybridized carbons (Fsp3) is 0.647. The monoisotopic (exact) mass is 291 g/mol. The molecular formula is C17H25NO3. The number of nitrogens with one attached hydrogen (secondary N) is 1. The van der Waals surface area contributed by atoms with Gasteiger partial charge in [0.1, 0.15) is 5.75 Å². The van der Waals surface area contributed by atoms with Gasteiger partial charge in [0, 0.05) is 25.9 Å². The normalized spacial score (nSPS) is 24.8. The number of aryl methyl sites for hydroxylation is 1. The van der Waals surface area contributed by atoms with Crippen molar-refractivity contribution in [3.8, 4) is 5.75 Å². The summed E-state index contributed by atoms with van der Waals surface area (Å²) in [7, 11) is 1.72. The van der Waals surface area contributed by atoms with Gasteiger partial charge in [-0.25, -0.2) is 0 Å². The molecule has 0 bridgehead atoms. The van der Waals surface area contributed by atoms with Gasteiger partial charge in [0.05, 0.1) is 18.4 Å². The van der Waals surface area contributed by atoms with E-state index in [4.69, 9.17) is 14.2 Å². The number of anilines is 1. The molecule has 0 saturated carbocycles. The number of methoxy groups -OCH3 is 1. The van der Waals surface area contributed by atoms with E-state index in [0.29, 0.717) is 6.04 Å². The van der Waals surface area contributed by atoms with E-state index in [1.165, 1.54) is 5.56 Å². The Morgan fingerprint density at radius 2 is 2.05 bits per heavy atom. The van der Waals surface area contributed by atoms with Crippen LogP contribution in [-0.2, 0) is 9.47 Å². The number of hydrogen-bond acceptors (Lipinski definition) is 4. The van der Waals surface area contributed by atoms with E-state index in [1.807, 2.05) is 6.07 Å². The van der Waals surface area contributed by atoms with E-state index in [9.17, 15) is 0 Å². The molecule has 1 spiro atoms. The Bertz CT molecular complexity index is 477. The number of ether oxygens (including phenoxy) is 3. The largest absolute Gasteiger partial charge is 0.495 e. The van der Waals surface area contributed by atoms with Crippen LogP contribution in [0.5, 0.6) is 5.75 Å². The minimum Gasteiger partial charge on any atom is -0.495 e. The van der Waals surface area contributed by atoms with Crippen LogP contribution in [0.3, 0.4) is 0 Å². The summed E-state index contributed by atoms with van der Waals surface area (Å²) in [5.41, 5.74) is 2.35. The van der Waals surface area contributed by atoms with Gasteiger partial charge in [-0.15, -0.1) is 0 Å². The number of hydrogen-bond donors (Lipinski definition) is 1. The van der Waals surface area contributed by atoms with E-state index in [2.05, 4.69) is 24.4 Å². The fourth-order valence-electron chi connectivity index (χ4n) is 3.40. The van der Waals surface area contributed by atoms with Crippen LogP contribution in [-0.4, -0.2) is 38.6 Å². The second-order valence-electron chi connectivity index (χ2n) is 6.18. The molecule has 1 unspecified atom stereocenters. The molecule has 1 N–H and O–H groups in total. The lowest BCUT2D eigenvalue weighted by Crippen LogP contribution is -2.47. The lowest BCUT2D eigenvalue weighted by atomic mass is 9.84. The molecule has 0 aliphatic carbocycles. The second-order valence-corrected chi connectivity index (χ2v) is 6.18. The average Bonchev–Trinajstić information content (AvgIpc) is 2.48. The maximum absolute atomic E-state index is 6.10. The Labute approximate surface area is 126 Å². The van der Waals surface area contributed by atoms with Crippen LogP contribution in [0.15, 0.2) is 18.2 Å². The van der Waals surface area contributed by atoms with Crippen LogP contribution >= 0.6 is 0 Å². The zero-order valence-corrected chi connectivity index (χ0v) is 13.0. The molecule has 1 atom stereocenters. The highest BCUT2D eigenvalue weighted by molar-refractivity contribution is 5.58. The van der Waals surface area contributed by atoms with Crippen molar-refractivity contribution in [2.45, 2.75) is 44.2 Å². The van der Waals surface area contributed by atoms with Gasteiger partial charge in [0.2, 0.25) is 0 Å². The van der Waals surface area contributed by atoms with Crippen molar-refractivity contribution in [2.24, 2.45) is 0 Å². The molecular weight excluding hydrogens is 266 g/mol. The third-order valence-electron chi connectivity index (χ3n) is 4.61. The topological polar surface area (TPSA) is 39.7 Å². The molecule has 21 heavy (non-hydrogen) atoms. The highest BCUT2D eigenvalue weighted by Gasteiger charge is 2.39. The molecule has 116 valence electrons. The minimum absolute atomic E-state index is 0.0191. The summed E-state index contributed by atoms with van der Waals surface area (Å²) in [6.45, 7) is 4.57. The molecule has 2 aliphatic heterocycles. The Morgan fingerprint density at radius 3 is 2.81 bits per heavy atom. The lowest BCUT2D eigenvalue weighted by Gasteiger charge is -2.43. The van der Waals surface area contributed by atoms with Gasteiger partial charge >= 0.3 is 0 Å². The highest BCUT2D eigenvalue weighted by Crippen LogP contribution is 2.36. The standard InChI is InChI=1S/C17H25NO3/c1-13-3-4-16(19-2)15(11-13)18-14-5-8-21-17(12-14)6-9-20-10-7-17/h3-4,11,14,18H,5-10,12H2,1-2H3. The highest BCUT2D eigenvalue weighted by atomic mass is 16.5. The van der Waals surface area contributed by atoms with Gasteiger partial charge in [-0.3, -0.25) is 0 Å². The van der Waals surface area contributed by atoms with Crippen LogP contribution in [0, 0.1) is 6.92 Å². The van der Waals surface area contributed by atoms with Crippen molar-refractivity contribution < 1.29 is 14.2 Å². The van der Waals surface area contributed by atoms with Gasteiger partial charge in [0.25, 0.3) is 0 Å². The Balaban J connectivity index is 1.71. The minimum atomic E-state index is 0.0191. The first-order valence-corrected chi connectivity index (χ1v) is 7.84. The zero-order chi connectivity index (χ0) is 14.7. The van der Waals surface area contributed by atoms with Gasteiger partial charge in [0.15, 0.2) is 0 Å². The lowest BCUT2D eigenvalue weighted by molar-refractivity contribution is -0.135. The molecule has 0 radical (unpaired) electrons. The number of rotatable bonds is 3. The third-order valence-corrected chi connectivity index (χ3v) is 4.61. The van der Waals surface area contributed by atoms with Gasteiger partial charge < -0.3 is 19.5 Å². The summed E-state index contributed by atoms with van der Waals surface area (Å²) < 4.78 is 17.1. The summed E-state index contributed by atoms with van der Waals surface area (Å²) >= 11 is 0. The smallest absolute Gasteiger partial charge is 0.141 e. The Hall–Kier alpha value is -1.26. The molecule has 1 aromatic rings. The summed E-state index contributed by atoms with van der Waals surface area (Å²) in [4.78, 5) is 0. The van der Waals surface area contributed by atoms with E-state index in [1.54, 1.807) is 7.11 Å². The summed E-state index contributed by atoms with van der Waals surface area (Å²) in [5, 5.41) is 3.67. The first-order chi connectivity index (χ1) is 10.2. The molecule has 3 rings (SSSR count). The van der Waals surface area contributed by atoms with E-state index < -0.39 is 0 Å². The quantitative estimate of drug-likeness (QED) is 0.928.